The number of hydrogen-bond acceptors (Lipinski definition) is 6. The minimum atomic E-state index is -0.164. The number of aromatic nitrogens is 4. The molecule has 2 aliphatic heterocycles. The Labute approximate surface area is 152 Å². The van der Waals surface area contributed by atoms with Crippen molar-refractivity contribution in [2.75, 3.05) is 25.0 Å². The van der Waals surface area contributed by atoms with E-state index < -0.39 is 0 Å². The predicted octanol–water partition coefficient (Wildman–Crippen LogP) is 1.77. The molecule has 0 aromatic carbocycles. The van der Waals surface area contributed by atoms with Crippen LogP contribution in [0.3, 0.4) is 0 Å². The fourth-order valence-electron chi connectivity index (χ4n) is 3.86. The fraction of sp³-hybridized carbons (Fsp3) is 0.556. The van der Waals surface area contributed by atoms with E-state index in [9.17, 15) is 4.79 Å². The summed E-state index contributed by atoms with van der Waals surface area (Å²) in [4.78, 5) is 22.9. The van der Waals surface area contributed by atoms with Gasteiger partial charge in [-0.05, 0) is 44.7 Å². The van der Waals surface area contributed by atoms with Gasteiger partial charge in [-0.1, -0.05) is 0 Å². The number of nitrogens with zero attached hydrogens (tertiary/aromatic N) is 4. The van der Waals surface area contributed by atoms with Crippen LogP contribution in [0.25, 0.3) is 0 Å². The molecule has 1 spiro atoms. The number of aromatic amines is 1. The molecular weight excluding hydrogens is 332 g/mol. The average molecular weight is 356 g/mol. The minimum Gasteiger partial charge on any atom is -0.375 e. The lowest BCUT2D eigenvalue weighted by Gasteiger charge is -2.46. The molecule has 2 aromatic heterocycles. The lowest BCUT2D eigenvalue weighted by atomic mass is 9.82. The Bertz CT molecular complexity index is 754. The number of piperidine rings is 1. The number of amides is 1. The van der Waals surface area contributed by atoms with Crippen LogP contribution in [0.1, 0.15) is 41.9 Å². The van der Waals surface area contributed by atoms with Gasteiger partial charge in [0.25, 0.3) is 5.91 Å². The molecule has 0 saturated carbocycles. The number of aryl methyl sites for hydroxylation is 1. The Morgan fingerprint density at radius 1 is 1.35 bits per heavy atom. The van der Waals surface area contributed by atoms with Gasteiger partial charge in [0.15, 0.2) is 0 Å². The third-order valence-electron chi connectivity index (χ3n) is 5.28. The van der Waals surface area contributed by atoms with Crippen molar-refractivity contribution >= 4 is 11.9 Å². The molecule has 138 valence electrons. The molecule has 2 aliphatic rings. The summed E-state index contributed by atoms with van der Waals surface area (Å²) < 4.78 is 6.17. The molecule has 2 saturated heterocycles. The van der Waals surface area contributed by atoms with Gasteiger partial charge in [0.1, 0.15) is 5.69 Å². The number of carbonyl (C=O) groups is 1. The molecule has 1 amide bonds. The van der Waals surface area contributed by atoms with Crippen LogP contribution in [0.4, 0.5) is 5.95 Å². The van der Waals surface area contributed by atoms with Crippen molar-refractivity contribution in [3.63, 3.8) is 0 Å². The lowest BCUT2D eigenvalue weighted by Crippen LogP contribution is -2.52. The summed E-state index contributed by atoms with van der Waals surface area (Å²) in [5.41, 5.74) is 1.22. The van der Waals surface area contributed by atoms with Crippen LogP contribution in [0, 0.1) is 6.92 Å². The van der Waals surface area contributed by atoms with E-state index in [1.54, 1.807) is 18.5 Å². The number of carbonyl (C=O) groups excluding carboxylic acids is 1. The van der Waals surface area contributed by atoms with E-state index in [2.05, 4.69) is 25.5 Å². The van der Waals surface area contributed by atoms with Crippen LogP contribution in [0.2, 0.25) is 0 Å². The highest BCUT2D eigenvalue weighted by molar-refractivity contribution is 5.92. The van der Waals surface area contributed by atoms with E-state index in [1.165, 1.54) is 0 Å². The molecule has 2 N–H and O–H groups in total. The summed E-state index contributed by atoms with van der Waals surface area (Å²) in [7, 11) is 0. The predicted molar refractivity (Wildman–Crippen MR) is 95.8 cm³/mol. The maximum absolute atomic E-state index is 12.6. The zero-order valence-electron chi connectivity index (χ0n) is 14.9. The molecule has 8 heteroatoms. The van der Waals surface area contributed by atoms with Crippen molar-refractivity contribution in [1.29, 1.82) is 0 Å². The lowest BCUT2D eigenvalue weighted by molar-refractivity contribution is -0.110. The summed E-state index contributed by atoms with van der Waals surface area (Å²) in [5, 5.41) is 10.3. The summed E-state index contributed by atoms with van der Waals surface area (Å²) in [5.74, 6) is 0.656. The second-order valence-corrected chi connectivity index (χ2v) is 7.17. The SMILES string of the molecule is Cc1cc(C(=O)N2CCC3(CC2)CC(Nc2ncccn2)CCO3)n[nH]1. The summed E-state index contributed by atoms with van der Waals surface area (Å²) >= 11 is 0. The van der Waals surface area contributed by atoms with E-state index in [0.29, 0.717) is 30.8 Å². The summed E-state index contributed by atoms with van der Waals surface area (Å²) in [6.07, 6.45) is 7.02. The van der Waals surface area contributed by atoms with Crippen LogP contribution in [0.5, 0.6) is 0 Å². The van der Waals surface area contributed by atoms with Crippen molar-refractivity contribution in [3.05, 3.63) is 35.9 Å². The first kappa shape index (κ1) is 17.0. The van der Waals surface area contributed by atoms with E-state index in [4.69, 9.17) is 4.74 Å². The van der Waals surface area contributed by atoms with E-state index in [-0.39, 0.29) is 11.5 Å². The van der Waals surface area contributed by atoms with Crippen molar-refractivity contribution in [2.45, 2.75) is 44.2 Å². The van der Waals surface area contributed by atoms with Crippen LogP contribution in [-0.4, -0.2) is 62.3 Å². The number of ether oxygens (including phenoxy) is 1. The summed E-state index contributed by atoms with van der Waals surface area (Å²) in [6, 6.07) is 3.90. The van der Waals surface area contributed by atoms with E-state index in [1.807, 2.05) is 17.9 Å². The minimum absolute atomic E-state index is 0.00706. The molecule has 8 nitrogen and oxygen atoms in total. The van der Waals surface area contributed by atoms with Crippen molar-refractivity contribution in [3.8, 4) is 0 Å². The van der Waals surface area contributed by atoms with E-state index >= 15 is 0 Å². The number of nitrogens with one attached hydrogen (secondary N) is 2. The fourth-order valence-corrected chi connectivity index (χ4v) is 3.86. The molecule has 26 heavy (non-hydrogen) atoms. The molecule has 4 rings (SSSR count). The van der Waals surface area contributed by atoms with Crippen LogP contribution in [-0.2, 0) is 4.74 Å². The first-order chi connectivity index (χ1) is 12.6. The normalized spacial score (nSPS) is 22.3. The Balaban J connectivity index is 1.36. The molecule has 2 aromatic rings. The third-order valence-corrected chi connectivity index (χ3v) is 5.28. The summed E-state index contributed by atoms with van der Waals surface area (Å²) in [6.45, 7) is 4.00. The van der Waals surface area contributed by atoms with Crippen LogP contribution >= 0.6 is 0 Å². The highest BCUT2D eigenvalue weighted by Gasteiger charge is 2.41. The molecule has 0 bridgehead atoms. The average Bonchev–Trinajstić information content (AvgIpc) is 3.09. The second-order valence-electron chi connectivity index (χ2n) is 7.17. The molecule has 1 unspecified atom stereocenters. The van der Waals surface area contributed by atoms with Gasteiger partial charge in [0.05, 0.1) is 5.60 Å². The van der Waals surface area contributed by atoms with Crippen molar-refractivity contribution in [1.82, 2.24) is 25.1 Å². The van der Waals surface area contributed by atoms with Gasteiger partial charge in [-0.15, -0.1) is 0 Å². The largest absolute Gasteiger partial charge is 0.375 e. The van der Waals surface area contributed by atoms with Crippen molar-refractivity contribution < 1.29 is 9.53 Å². The standard InChI is InChI=1S/C18H24N6O2/c1-13-11-15(23-22-13)16(25)24-8-4-18(5-9-24)12-14(3-10-26-18)21-17-19-6-2-7-20-17/h2,6-7,11,14H,3-5,8-10,12H2,1H3,(H,22,23)(H,19,20,21). The quantitative estimate of drug-likeness (QED) is 0.870. The van der Waals surface area contributed by atoms with Gasteiger partial charge in [-0.25, -0.2) is 9.97 Å². The third kappa shape index (κ3) is 3.55. The number of hydrogen-bond donors (Lipinski definition) is 2. The maximum atomic E-state index is 12.6. The Hall–Kier alpha value is -2.48. The van der Waals surface area contributed by atoms with Gasteiger partial charge in [0.2, 0.25) is 5.95 Å². The molecule has 1 atom stereocenters. The highest BCUT2D eigenvalue weighted by Crippen LogP contribution is 2.36. The first-order valence-electron chi connectivity index (χ1n) is 9.12. The number of H-pyrrole nitrogens is 1. The van der Waals surface area contributed by atoms with Crippen LogP contribution in [0.15, 0.2) is 24.5 Å². The van der Waals surface area contributed by atoms with Gasteiger partial charge < -0.3 is 15.0 Å². The second kappa shape index (κ2) is 7.03. The highest BCUT2D eigenvalue weighted by atomic mass is 16.5. The van der Waals surface area contributed by atoms with Gasteiger partial charge in [-0.2, -0.15) is 5.10 Å². The maximum Gasteiger partial charge on any atom is 0.274 e. The van der Waals surface area contributed by atoms with Gasteiger partial charge in [-0.3, -0.25) is 9.89 Å². The number of anilines is 1. The van der Waals surface area contributed by atoms with Gasteiger partial charge in [0, 0.05) is 43.8 Å². The molecule has 4 heterocycles. The zero-order valence-corrected chi connectivity index (χ0v) is 14.9. The van der Waals surface area contributed by atoms with Crippen LogP contribution < -0.4 is 5.32 Å². The van der Waals surface area contributed by atoms with Crippen molar-refractivity contribution in [2.24, 2.45) is 0 Å². The smallest absolute Gasteiger partial charge is 0.274 e. The molecule has 0 radical (unpaired) electrons. The zero-order chi connectivity index (χ0) is 18.0. The topological polar surface area (TPSA) is 96.0 Å². The number of rotatable bonds is 3. The Morgan fingerprint density at radius 2 is 2.12 bits per heavy atom. The first-order valence-corrected chi connectivity index (χ1v) is 9.12. The number of likely N-dealkylation sites (tertiary alicyclic amines) is 1. The Kier molecular flexibility index (Phi) is 4.58. The molecule has 2 fully saturated rings. The Morgan fingerprint density at radius 3 is 2.81 bits per heavy atom. The monoisotopic (exact) mass is 356 g/mol. The van der Waals surface area contributed by atoms with E-state index in [0.717, 1.165) is 38.0 Å². The molecule has 0 aliphatic carbocycles. The molecular formula is C18H24N6O2. The van der Waals surface area contributed by atoms with Gasteiger partial charge >= 0.3 is 0 Å².